The average Bonchev–Trinajstić information content (AvgIpc) is 2.36. The van der Waals surface area contributed by atoms with E-state index in [4.69, 9.17) is 11.6 Å². The standard InChI is InChI=1S/C14H14BrClN2O/c1-8-3-4-13(19)11(5-8)9(2)18-12-6-10(15)7-17-14(12)16/h3-7,9,18-19H,1-2H3. The maximum atomic E-state index is 9.91. The van der Waals surface area contributed by atoms with Crippen molar-refractivity contribution in [3.8, 4) is 5.75 Å². The summed E-state index contributed by atoms with van der Waals surface area (Å²) in [5.74, 6) is 0.268. The van der Waals surface area contributed by atoms with Gasteiger partial charge in [0.25, 0.3) is 0 Å². The molecule has 19 heavy (non-hydrogen) atoms. The number of halogens is 2. The lowest BCUT2D eigenvalue weighted by molar-refractivity contribution is 0.465. The lowest BCUT2D eigenvalue weighted by Crippen LogP contribution is -2.08. The van der Waals surface area contributed by atoms with Gasteiger partial charge < -0.3 is 10.4 Å². The molecule has 2 rings (SSSR count). The van der Waals surface area contributed by atoms with Crippen LogP contribution in [0.1, 0.15) is 24.1 Å². The average molecular weight is 342 g/mol. The Morgan fingerprint density at radius 2 is 2.11 bits per heavy atom. The summed E-state index contributed by atoms with van der Waals surface area (Å²) in [4.78, 5) is 4.06. The Morgan fingerprint density at radius 1 is 1.37 bits per heavy atom. The van der Waals surface area contributed by atoms with Gasteiger partial charge in [0.1, 0.15) is 5.75 Å². The zero-order valence-corrected chi connectivity index (χ0v) is 13.0. The van der Waals surface area contributed by atoms with Gasteiger partial charge in [0, 0.05) is 16.2 Å². The number of aromatic hydroxyl groups is 1. The maximum Gasteiger partial charge on any atom is 0.152 e. The van der Waals surface area contributed by atoms with Crippen LogP contribution in [0, 0.1) is 6.92 Å². The Bertz CT molecular complexity index is 604. The van der Waals surface area contributed by atoms with Crippen LogP contribution < -0.4 is 5.32 Å². The molecule has 0 bridgehead atoms. The second kappa shape index (κ2) is 5.80. The van der Waals surface area contributed by atoms with Gasteiger partial charge in [-0.15, -0.1) is 0 Å². The molecule has 1 atom stereocenters. The van der Waals surface area contributed by atoms with Crippen molar-refractivity contribution in [1.82, 2.24) is 4.98 Å². The van der Waals surface area contributed by atoms with Crippen molar-refractivity contribution in [3.05, 3.63) is 51.2 Å². The number of hydrogen-bond donors (Lipinski definition) is 2. The van der Waals surface area contributed by atoms with E-state index in [2.05, 4.69) is 26.2 Å². The second-order valence-corrected chi connectivity index (χ2v) is 5.69. The number of anilines is 1. The zero-order valence-electron chi connectivity index (χ0n) is 10.6. The number of rotatable bonds is 3. The third kappa shape index (κ3) is 3.39. The van der Waals surface area contributed by atoms with E-state index in [1.807, 2.05) is 32.0 Å². The van der Waals surface area contributed by atoms with E-state index in [-0.39, 0.29) is 11.8 Å². The summed E-state index contributed by atoms with van der Waals surface area (Å²) in [6.07, 6.45) is 1.64. The van der Waals surface area contributed by atoms with Crippen LogP contribution >= 0.6 is 27.5 Å². The molecule has 0 aliphatic carbocycles. The van der Waals surface area contributed by atoms with E-state index in [0.717, 1.165) is 21.3 Å². The van der Waals surface area contributed by atoms with Crippen molar-refractivity contribution < 1.29 is 5.11 Å². The molecule has 0 fully saturated rings. The number of benzene rings is 1. The largest absolute Gasteiger partial charge is 0.508 e. The van der Waals surface area contributed by atoms with Gasteiger partial charge in [-0.25, -0.2) is 4.98 Å². The molecule has 0 radical (unpaired) electrons. The molecule has 0 saturated heterocycles. The minimum absolute atomic E-state index is 0.0755. The van der Waals surface area contributed by atoms with Gasteiger partial charge in [-0.3, -0.25) is 0 Å². The Morgan fingerprint density at radius 3 is 2.84 bits per heavy atom. The fourth-order valence-electron chi connectivity index (χ4n) is 1.86. The Labute approximate surface area is 125 Å². The van der Waals surface area contributed by atoms with E-state index in [1.165, 1.54) is 0 Å². The Hall–Kier alpha value is -1.26. The van der Waals surface area contributed by atoms with Crippen LogP contribution in [0.15, 0.2) is 34.9 Å². The van der Waals surface area contributed by atoms with Crippen molar-refractivity contribution in [2.45, 2.75) is 19.9 Å². The van der Waals surface area contributed by atoms with Gasteiger partial charge >= 0.3 is 0 Å². The first kappa shape index (κ1) is 14.2. The summed E-state index contributed by atoms with van der Waals surface area (Å²) >= 11 is 9.40. The number of phenols is 1. The molecule has 2 N–H and O–H groups in total. The van der Waals surface area contributed by atoms with Crippen molar-refractivity contribution in [1.29, 1.82) is 0 Å². The smallest absolute Gasteiger partial charge is 0.152 e. The molecular formula is C14H14BrClN2O. The van der Waals surface area contributed by atoms with Crippen molar-refractivity contribution >= 4 is 33.2 Å². The third-order valence-corrected chi connectivity index (χ3v) is 3.56. The van der Waals surface area contributed by atoms with Gasteiger partial charge in [-0.05, 0) is 41.9 Å². The van der Waals surface area contributed by atoms with E-state index in [1.54, 1.807) is 12.3 Å². The number of nitrogens with zero attached hydrogens (tertiary/aromatic N) is 1. The Kier molecular flexibility index (Phi) is 4.32. The number of aryl methyl sites for hydroxylation is 1. The predicted octanol–water partition coefficient (Wildman–Crippen LogP) is 4.68. The van der Waals surface area contributed by atoms with E-state index in [9.17, 15) is 5.11 Å². The minimum Gasteiger partial charge on any atom is -0.508 e. The summed E-state index contributed by atoms with van der Waals surface area (Å²) in [6.45, 7) is 3.95. The molecule has 0 spiro atoms. The molecular weight excluding hydrogens is 328 g/mol. The molecule has 0 amide bonds. The molecule has 3 nitrogen and oxygen atoms in total. The van der Waals surface area contributed by atoms with E-state index < -0.39 is 0 Å². The number of hydrogen-bond acceptors (Lipinski definition) is 3. The number of phenolic OH excluding ortho intramolecular Hbond substituents is 1. The third-order valence-electron chi connectivity index (χ3n) is 2.83. The van der Waals surface area contributed by atoms with Crippen molar-refractivity contribution in [2.75, 3.05) is 5.32 Å². The second-order valence-electron chi connectivity index (χ2n) is 4.42. The first-order valence-electron chi connectivity index (χ1n) is 5.84. The molecule has 1 aromatic carbocycles. The first-order chi connectivity index (χ1) is 8.97. The van der Waals surface area contributed by atoms with Crippen LogP contribution in [0.25, 0.3) is 0 Å². The molecule has 1 heterocycles. The van der Waals surface area contributed by atoms with Crippen LogP contribution in [0.4, 0.5) is 5.69 Å². The predicted molar refractivity (Wildman–Crippen MR) is 81.8 cm³/mol. The molecule has 0 aliphatic rings. The molecule has 5 heteroatoms. The van der Waals surface area contributed by atoms with Crippen LogP contribution in [-0.4, -0.2) is 10.1 Å². The van der Waals surface area contributed by atoms with E-state index >= 15 is 0 Å². The quantitative estimate of drug-likeness (QED) is 0.796. The molecule has 0 saturated carbocycles. The monoisotopic (exact) mass is 340 g/mol. The van der Waals surface area contributed by atoms with Crippen LogP contribution in [-0.2, 0) is 0 Å². The van der Waals surface area contributed by atoms with Gasteiger partial charge in [0.2, 0.25) is 0 Å². The maximum absolute atomic E-state index is 9.91. The number of aromatic nitrogens is 1. The summed E-state index contributed by atoms with van der Waals surface area (Å²) < 4.78 is 0.847. The molecule has 100 valence electrons. The lowest BCUT2D eigenvalue weighted by Gasteiger charge is -2.18. The Balaban J connectivity index is 2.27. The highest BCUT2D eigenvalue weighted by molar-refractivity contribution is 9.10. The number of nitrogens with one attached hydrogen (secondary N) is 1. The molecule has 2 aromatic rings. The highest BCUT2D eigenvalue weighted by atomic mass is 79.9. The topological polar surface area (TPSA) is 45.1 Å². The SMILES string of the molecule is Cc1ccc(O)c(C(C)Nc2cc(Br)cnc2Cl)c1. The fourth-order valence-corrected chi connectivity index (χ4v) is 2.34. The van der Waals surface area contributed by atoms with Gasteiger partial charge in [0.05, 0.1) is 11.7 Å². The highest BCUT2D eigenvalue weighted by Crippen LogP contribution is 2.31. The minimum atomic E-state index is -0.0755. The van der Waals surface area contributed by atoms with Crippen molar-refractivity contribution in [2.24, 2.45) is 0 Å². The summed E-state index contributed by atoms with van der Waals surface area (Å²) in [5, 5.41) is 13.6. The normalized spacial score (nSPS) is 12.2. The highest BCUT2D eigenvalue weighted by Gasteiger charge is 2.12. The summed E-state index contributed by atoms with van der Waals surface area (Å²) in [7, 11) is 0. The number of pyridine rings is 1. The fraction of sp³-hybridized carbons (Fsp3) is 0.214. The molecule has 1 unspecified atom stereocenters. The van der Waals surface area contributed by atoms with Crippen LogP contribution in [0.3, 0.4) is 0 Å². The lowest BCUT2D eigenvalue weighted by atomic mass is 10.0. The molecule has 0 aliphatic heterocycles. The van der Waals surface area contributed by atoms with E-state index in [0.29, 0.717) is 5.15 Å². The van der Waals surface area contributed by atoms with Gasteiger partial charge in [0.15, 0.2) is 5.15 Å². The van der Waals surface area contributed by atoms with Gasteiger partial charge in [-0.1, -0.05) is 29.3 Å². The zero-order chi connectivity index (χ0) is 14.0. The molecule has 1 aromatic heterocycles. The van der Waals surface area contributed by atoms with Gasteiger partial charge in [-0.2, -0.15) is 0 Å². The first-order valence-corrected chi connectivity index (χ1v) is 7.01. The summed E-state index contributed by atoms with van der Waals surface area (Å²) in [6, 6.07) is 7.31. The van der Waals surface area contributed by atoms with Crippen molar-refractivity contribution in [3.63, 3.8) is 0 Å². The summed E-state index contributed by atoms with van der Waals surface area (Å²) in [5.41, 5.74) is 2.65. The van der Waals surface area contributed by atoms with Crippen LogP contribution in [0.5, 0.6) is 5.75 Å². The van der Waals surface area contributed by atoms with Crippen LogP contribution in [0.2, 0.25) is 5.15 Å².